The predicted molar refractivity (Wildman–Crippen MR) is 92.6 cm³/mol. The molecule has 0 aromatic heterocycles. The van der Waals surface area contributed by atoms with E-state index in [2.05, 4.69) is 45.4 Å². The molecule has 3 atom stereocenters. The first-order chi connectivity index (χ1) is 10.5. The van der Waals surface area contributed by atoms with Crippen LogP contribution in [0.3, 0.4) is 0 Å². The summed E-state index contributed by atoms with van der Waals surface area (Å²) in [5, 5.41) is 14.9. The number of halogens is 1. The topological polar surface area (TPSA) is 81.7 Å². The maximum atomic E-state index is 12.4. The second-order valence-corrected chi connectivity index (χ2v) is 7.95. The number of fused-ring (bicyclic) bond motifs is 1. The highest BCUT2D eigenvalue weighted by atomic mass is 127. The van der Waals surface area contributed by atoms with Crippen molar-refractivity contribution in [2.24, 2.45) is 5.92 Å². The first kappa shape index (κ1) is 17.5. The number of carbonyl (C=O) groups is 2. The number of nitrogens with zero attached hydrogens (tertiary/aromatic N) is 1. The van der Waals surface area contributed by atoms with Crippen molar-refractivity contribution < 1.29 is 14.7 Å². The van der Waals surface area contributed by atoms with Gasteiger partial charge in [0.15, 0.2) is 0 Å². The number of amides is 3. The van der Waals surface area contributed by atoms with Gasteiger partial charge in [0.05, 0.1) is 3.55 Å². The molecule has 2 aliphatic rings. The predicted octanol–water partition coefficient (Wildman–Crippen LogP) is 1.39. The van der Waals surface area contributed by atoms with Gasteiger partial charge >= 0.3 is 6.03 Å². The van der Waals surface area contributed by atoms with Crippen molar-refractivity contribution in [1.29, 1.82) is 0 Å². The molecule has 124 valence electrons. The summed E-state index contributed by atoms with van der Waals surface area (Å²) in [6.45, 7) is 0.520. The van der Waals surface area contributed by atoms with E-state index in [1.165, 1.54) is 0 Å². The molecule has 0 bridgehead atoms. The number of allylic oxidation sites excluding steroid dienone is 1. The Kier molecular flexibility index (Phi) is 6.08. The van der Waals surface area contributed by atoms with Crippen LogP contribution in [-0.2, 0) is 4.79 Å². The fraction of sp³-hybridized carbons (Fsp3) is 0.733. The number of nitrogens with one attached hydrogen (secondary N) is 2. The van der Waals surface area contributed by atoms with Crippen LogP contribution in [0.2, 0.25) is 0 Å². The van der Waals surface area contributed by atoms with Crippen LogP contribution in [-0.4, -0.2) is 51.7 Å². The molecular formula is C15H24IN3O3. The minimum absolute atomic E-state index is 0.139. The molecule has 0 radical (unpaired) electrons. The van der Waals surface area contributed by atoms with E-state index in [0.29, 0.717) is 12.5 Å². The molecule has 6 nitrogen and oxygen atoms in total. The zero-order chi connectivity index (χ0) is 16.2. The second-order valence-electron chi connectivity index (χ2n) is 6.02. The Bertz CT molecular complexity index is 457. The molecule has 7 heteroatoms. The number of hydrogen-bond acceptors (Lipinski definition) is 3. The molecule has 1 aliphatic heterocycles. The number of urea groups is 1. The zero-order valence-electron chi connectivity index (χ0n) is 12.8. The van der Waals surface area contributed by atoms with E-state index in [0.717, 1.165) is 25.7 Å². The van der Waals surface area contributed by atoms with E-state index < -0.39 is 6.04 Å². The quantitative estimate of drug-likeness (QED) is 0.273. The third-order valence-corrected chi connectivity index (χ3v) is 5.65. The molecule has 22 heavy (non-hydrogen) atoms. The minimum Gasteiger partial charge on any atom is -0.396 e. The number of carbonyl (C=O) groups excluding carboxylic acids is 2. The lowest BCUT2D eigenvalue weighted by Crippen LogP contribution is -2.52. The molecule has 1 aliphatic carbocycles. The molecule has 0 saturated heterocycles. The van der Waals surface area contributed by atoms with Crippen molar-refractivity contribution in [2.75, 3.05) is 20.2 Å². The van der Waals surface area contributed by atoms with Crippen LogP contribution in [0.15, 0.2) is 12.2 Å². The van der Waals surface area contributed by atoms with Gasteiger partial charge in [-0.05, 0) is 32.1 Å². The van der Waals surface area contributed by atoms with Crippen LogP contribution in [0.25, 0.3) is 0 Å². The first-order valence-corrected chi connectivity index (χ1v) is 8.84. The average Bonchev–Trinajstić information content (AvgIpc) is 3.10. The number of aliphatic hydroxyl groups is 1. The summed E-state index contributed by atoms with van der Waals surface area (Å²) in [6.07, 6.45) is 8.47. The highest BCUT2D eigenvalue weighted by Crippen LogP contribution is 2.50. The van der Waals surface area contributed by atoms with Gasteiger partial charge in [0, 0.05) is 26.1 Å². The van der Waals surface area contributed by atoms with Gasteiger partial charge in [0.2, 0.25) is 5.91 Å². The Morgan fingerprint density at radius 3 is 2.95 bits per heavy atom. The van der Waals surface area contributed by atoms with Gasteiger partial charge in [0.1, 0.15) is 6.04 Å². The maximum absolute atomic E-state index is 12.4. The molecule has 1 heterocycles. The van der Waals surface area contributed by atoms with Gasteiger partial charge in [-0.2, -0.15) is 0 Å². The normalized spacial score (nSPS) is 35.0. The molecule has 0 aromatic carbocycles. The van der Waals surface area contributed by atoms with Gasteiger partial charge < -0.3 is 20.6 Å². The minimum atomic E-state index is -0.695. The summed E-state index contributed by atoms with van der Waals surface area (Å²) in [6, 6.07) is -0.962. The summed E-state index contributed by atoms with van der Waals surface area (Å²) in [5.41, 5.74) is 0. The van der Waals surface area contributed by atoms with E-state index in [9.17, 15) is 9.59 Å². The van der Waals surface area contributed by atoms with E-state index in [1.54, 1.807) is 11.9 Å². The number of rotatable bonds is 2. The standard InChI is InChI=1S/C15H24IN3O3/c1-19-8-5-3-2-4-6-11-10-15(11,16)18-13(21)12(7-9-20)17-14(19)22/h4,6,11-12,20H,2-3,5,7-10H2,1H3,(H,17,22)(H,18,21)/b6-4-/t11?,12-,15+/m0/s1. The smallest absolute Gasteiger partial charge is 0.317 e. The van der Waals surface area contributed by atoms with Crippen molar-refractivity contribution in [3.8, 4) is 0 Å². The third-order valence-electron chi connectivity index (χ3n) is 4.14. The van der Waals surface area contributed by atoms with Crippen molar-refractivity contribution in [1.82, 2.24) is 15.5 Å². The van der Waals surface area contributed by atoms with Crippen molar-refractivity contribution in [2.45, 2.75) is 41.7 Å². The number of hydrogen-bond donors (Lipinski definition) is 3. The number of alkyl halides is 1. The highest BCUT2D eigenvalue weighted by Gasteiger charge is 2.52. The van der Waals surface area contributed by atoms with Gasteiger partial charge in [-0.25, -0.2) is 4.79 Å². The van der Waals surface area contributed by atoms with Crippen LogP contribution < -0.4 is 10.6 Å². The largest absolute Gasteiger partial charge is 0.396 e. The Balaban J connectivity index is 2.08. The van der Waals surface area contributed by atoms with Crippen molar-refractivity contribution in [3.05, 3.63) is 12.2 Å². The molecule has 0 spiro atoms. The lowest BCUT2D eigenvalue weighted by atomic mass is 10.2. The summed E-state index contributed by atoms with van der Waals surface area (Å²) in [5.74, 6) is 0.131. The Morgan fingerprint density at radius 1 is 1.45 bits per heavy atom. The summed E-state index contributed by atoms with van der Waals surface area (Å²) in [4.78, 5) is 26.1. The van der Waals surface area contributed by atoms with Gasteiger partial charge in [-0.3, -0.25) is 4.79 Å². The van der Waals surface area contributed by atoms with E-state index >= 15 is 0 Å². The second kappa shape index (κ2) is 7.63. The SMILES string of the molecule is CN1CCCC/C=C\C2C[C@@]2(I)NC(=O)[C@H](CCO)NC1=O. The van der Waals surface area contributed by atoms with Gasteiger partial charge in [-0.15, -0.1) is 0 Å². The van der Waals surface area contributed by atoms with Crippen LogP contribution in [0, 0.1) is 5.92 Å². The molecule has 1 unspecified atom stereocenters. The van der Waals surface area contributed by atoms with E-state index in [1.807, 2.05) is 0 Å². The van der Waals surface area contributed by atoms with Crippen molar-refractivity contribution >= 4 is 34.5 Å². The third kappa shape index (κ3) is 4.58. The lowest BCUT2D eigenvalue weighted by Gasteiger charge is -2.24. The molecule has 1 fully saturated rings. The molecule has 3 amide bonds. The van der Waals surface area contributed by atoms with Crippen LogP contribution in [0.1, 0.15) is 32.1 Å². The van der Waals surface area contributed by atoms with Crippen LogP contribution >= 0.6 is 22.6 Å². The molecule has 2 rings (SSSR count). The monoisotopic (exact) mass is 421 g/mol. The zero-order valence-corrected chi connectivity index (χ0v) is 15.0. The Morgan fingerprint density at radius 2 is 2.23 bits per heavy atom. The fourth-order valence-corrected chi connectivity index (χ4v) is 3.50. The summed E-state index contributed by atoms with van der Waals surface area (Å²) < 4.78 is -0.250. The van der Waals surface area contributed by atoms with E-state index in [-0.39, 0.29) is 28.5 Å². The fourth-order valence-electron chi connectivity index (χ4n) is 2.55. The summed E-state index contributed by atoms with van der Waals surface area (Å²) >= 11 is 2.27. The van der Waals surface area contributed by atoms with Gasteiger partial charge in [-0.1, -0.05) is 34.7 Å². The van der Waals surface area contributed by atoms with E-state index in [4.69, 9.17) is 5.11 Å². The van der Waals surface area contributed by atoms with Gasteiger partial charge in [0.25, 0.3) is 0 Å². The van der Waals surface area contributed by atoms with Crippen molar-refractivity contribution in [3.63, 3.8) is 0 Å². The molecular weight excluding hydrogens is 397 g/mol. The molecule has 0 aromatic rings. The highest BCUT2D eigenvalue weighted by molar-refractivity contribution is 14.1. The Hall–Kier alpha value is -0.830. The van der Waals surface area contributed by atoms with Crippen LogP contribution in [0.5, 0.6) is 0 Å². The number of aliphatic hydroxyl groups excluding tert-OH is 1. The Labute approximate surface area is 144 Å². The molecule has 1 saturated carbocycles. The molecule has 3 N–H and O–H groups in total. The average molecular weight is 421 g/mol. The summed E-state index contributed by atoms with van der Waals surface area (Å²) in [7, 11) is 1.72. The maximum Gasteiger partial charge on any atom is 0.317 e. The lowest BCUT2D eigenvalue weighted by molar-refractivity contribution is -0.123. The van der Waals surface area contributed by atoms with Crippen LogP contribution in [0.4, 0.5) is 4.79 Å². The first-order valence-electron chi connectivity index (χ1n) is 7.76.